The molecule has 1 unspecified atom stereocenters. The summed E-state index contributed by atoms with van der Waals surface area (Å²) in [5.74, 6) is -1.17. The van der Waals surface area contributed by atoms with Crippen molar-refractivity contribution in [2.75, 3.05) is 14.2 Å². The molecule has 9 nitrogen and oxygen atoms in total. The fraction of sp³-hybridized carbons (Fsp3) is 0.276. The van der Waals surface area contributed by atoms with Crippen molar-refractivity contribution in [2.24, 2.45) is 7.05 Å². The van der Waals surface area contributed by atoms with Gasteiger partial charge in [0.1, 0.15) is 17.2 Å². The molecular formula is C29H28N2O7. The van der Waals surface area contributed by atoms with Crippen LogP contribution in [0.25, 0.3) is 22.2 Å². The van der Waals surface area contributed by atoms with E-state index in [0.29, 0.717) is 46.9 Å². The largest absolute Gasteiger partial charge is 0.506 e. The summed E-state index contributed by atoms with van der Waals surface area (Å²) in [5.41, 5.74) is 3.10. The van der Waals surface area contributed by atoms with Gasteiger partial charge in [0, 0.05) is 40.7 Å². The Morgan fingerprint density at radius 3 is 2.58 bits per heavy atom. The van der Waals surface area contributed by atoms with Crippen LogP contribution in [0.15, 0.2) is 41.2 Å². The molecule has 5 rings (SSSR count). The summed E-state index contributed by atoms with van der Waals surface area (Å²) >= 11 is 0. The molecule has 0 bridgehead atoms. The zero-order chi connectivity index (χ0) is 27.3. The van der Waals surface area contributed by atoms with Crippen LogP contribution < -0.4 is 15.0 Å². The van der Waals surface area contributed by atoms with Crippen LogP contribution in [0.3, 0.4) is 0 Å². The maximum absolute atomic E-state index is 13.7. The highest BCUT2D eigenvalue weighted by Crippen LogP contribution is 2.44. The lowest BCUT2D eigenvalue weighted by molar-refractivity contribution is 0.0690. The number of aryl methyl sites for hydroxylation is 2. The minimum Gasteiger partial charge on any atom is -0.506 e. The average Bonchev–Trinajstić information content (AvgIpc) is 3.13. The number of carbonyl (C=O) groups excluding carboxylic acids is 1. The van der Waals surface area contributed by atoms with E-state index in [9.17, 15) is 24.6 Å². The van der Waals surface area contributed by atoms with Gasteiger partial charge in [-0.1, -0.05) is 6.92 Å². The Balaban J connectivity index is 1.87. The monoisotopic (exact) mass is 516 g/mol. The summed E-state index contributed by atoms with van der Waals surface area (Å²) in [4.78, 5) is 37.5. The lowest BCUT2D eigenvalue weighted by Crippen LogP contribution is -2.30. The number of ether oxygens (including phenoxy) is 2. The Bertz CT molecular complexity index is 1680. The van der Waals surface area contributed by atoms with Gasteiger partial charge >= 0.3 is 5.97 Å². The van der Waals surface area contributed by atoms with E-state index in [4.69, 9.17) is 9.47 Å². The van der Waals surface area contributed by atoms with Gasteiger partial charge in [-0.25, -0.2) is 4.79 Å². The number of rotatable bonds is 6. The molecule has 9 heteroatoms. The zero-order valence-corrected chi connectivity index (χ0v) is 21.6. The number of pyridine rings is 1. The van der Waals surface area contributed by atoms with Crippen molar-refractivity contribution < 1.29 is 29.3 Å². The van der Waals surface area contributed by atoms with Gasteiger partial charge in [0.15, 0.2) is 11.8 Å². The molecule has 0 amide bonds. The molecule has 1 aliphatic carbocycles. The van der Waals surface area contributed by atoms with E-state index in [0.717, 1.165) is 28.3 Å². The van der Waals surface area contributed by atoms with Gasteiger partial charge in [-0.3, -0.25) is 9.59 Å². The quantitative estimate of drug-likeness (QED) is 0.366. The number of methoxy groups -OCH3 is 2. The number of carbonyl (C=O) groups is 2. The van der Waals surface area contributed by atoms with Crippen molar-refractivity contribution in [2.45, 2.75) is 32.2 Å². The van der Waals surface area contributed by atoms with Gasteiger partial charge in [0.25, 0.3) is 5.56 Å². The molecule has 2 aromatic carbocycles. The number of aromatic hydroxyl groups is 1. The molecule has 0 saturated heterocycles. The first-order valence-corrected chi connectivity index (χ1v) is 12.2. The van der Waals surface area contributed by atoms with Crippen LogP contribution in [-0.4, -0.2) is 45.8 Å². The first-order chi connectivity index (χ1) is 18.2. The molecule has 196 valence electrons. The number of aromatic carboxylic acids is 1. The lowest BCUT2D eigenvalue weighted by Gasteiger charge is -2.23. The van der Waals surface area contributed by atoms with Crippen molar-refractivity contribution in [3.8, 4) is 28.5 Å². The van der Waals surface area contributed by atoms with Gasteiger partial charge in [-0.2, -0.15) is 0 Å². The van der Waals surface area contributed by atoms with Gasteiger partial charge in [-0.05, 0) is 54.7 Å². The smallest absolute Gasteiger partial charge is 0.345 e. The number of nitrogens with zero attached hydrogens (tertiary/aromatic N) is 2. The van der Waals surface area contributed by atoms with E-state index in [1.807, 2.05) is 30.7 Å². The predicted molar refractivity (Wildman–Crippen MR) is 142 cm³/mol. The molecule has 0 aliphatic heterocycles. The van der Waals surface area contributed by atoms with Crippen LogP contribution >= 0.6 is 0 Å². The average molecular weight is 517 g/mol. The van der Waals surface area contributed by atoms with Gasteiger partial charge < -0.3 is 28.8 Å². The number of aldehydes is 1. The van der Waals surface area contributed by atoms with Crippen molar-refractivity contribution in [3.05, 3.63) is 74.7 Å². The second kappa shape index (κ2) is 9.41. The topological polar surface area (TPSA) is 120 Å². The Morgan fingerprint density at radius 1 is 1.16 bits per heavy atom. The molecular weight excluding hydrogens is 488 g/mol. The standard InChI is InChI=1S/C29H28N2O7/c1-15-5-6-16-11-22-18(9-19(14-32)30(22)2)10-21(16)26-24(15)27(33)25(29(35)36)28(34)31(26)13-17-7-8-20(37-3)12-23(17)38-4/h7-12,14-15,33H,5-6,13H2,1-4H3,(H,35,36). The van der Waals surface area contributed by atoms with Crippen LogP contribution in [-0.2, 0) is 20.0 Å². The van der Waals surface area contributed by atoms with Crippen LogP contribution in [0, 0.1) is 0 Å². The highest BCUT2D eigenvalue weighted by molar-refractivity contribution is 5.95. The maximum Gasteiger partial charge on any atom is 0.345 e. The maximum atomic E-state index is 13.7. The summed E-state index contributed by atoms with van der Waals surface area (Å²) < 4.78 is 14.1. The molecule has 0 saturated carbocycles. The van der Waals surface area contributed by atoms with Crippen LogP contribution in [0.2, 0.25) is 0 Å². The first kappa shape index (κ1) is 25.1. The molecule has 1 atom stereocenters. The van der Waals surface area contributed by atoms with E-state index in [1.54, 1.807) is 24.3 Å². The van der Waals surface area contributed by atoms with Crippen LogP contribution in [0.1, 0.15) is 56.8 Å². The van der Waals surface area contributed by atoms with E-state index in [1.165, 1.54) is 18.8 Å². The predicted octanol–water partition coefficient (Wildman–Crippen LogP) is 4.34. The van der Waals surface area contributed by atoms with Crippen LogP contribution in [0.4, 0.5) is 0 Å². The Morgan fingerprint density at radius 2 is 1.92 bits per heavy atom. The molecule has 2 aromatic heterocycles. The lowest BCUT2D eigenvalue weighted by atomic mass is 9.92. The van der Waals surface area contributed by atoms with Gasteiger partial charge in [0.2, 0.25) is 0 Å². The van der Waals surface area contributed by atoms with Crippen molar-refractivity contribution in [3.63, 3.8) is 0 Å². The molecule has 1 aliphatic rings. The number of carboxylic acid groups (broad SMARTS) is 1. The summed E-state index contributed by atoms with van der Waals surface area (Å²) in [5, 5.41) is 21.9. The van der Waals surface area contributed by atoms with E-state index >= 15 is 0 Å². The molecule has 2 heterocycles. The number of hydrogen-bond acceptors (Lipinski definition) is 6. The second-order valence-electron chi connectivity index (χ2n) is 9.61. The molecule has 2 N–H and O–H groups in total. The van der Waals surface area contributed by atoms with Gasteiger partial charge in [-0.15, -0.1) is 0 Å². The Labute approximate surface area is 218 Å². The summed E-state index contributed by atoms with van der Waals surface area (Å²) in [6, 6.07) is 10.9. The van der Waals surface area contributed by atoms with E-state index in [2.05, 4.69) is 0 Å². The normalized spacial score (nSPS) is 14.5. The highest BCUT2D eigenvalue weighted by Gasteiger charge is 2.32. The van der Waals surface area contributed by atoms with E-state index in [-0.39, 0.29) is 12.5 Å². The SMILES string of the molecule is COc1ccc(Cn2c3c(c(O)c(C(=O)O)c2=O)C(C)CCc2cc4c(cc2-3)cc(C=O)n4C)c(OC)c1. The third-order valence-corrected chi connectivity index (χ3v) is 7.53. The molecule has 0 radical (unpaired) electrons. The molecule has 0 spiro atoms. The summed E-state index contributed by atoms with van der Waals surface area (Å²) in [6.07, 6.45) is 2.07. The third-order valence-electron chi connectivity index (χ3n) is 7.53. The number of hydrogen-bond donors (Lipinski definition) is 2. The third kappa shape index (κ3) is 3.82. The Kier molecular flexibility index (Phi) is 6.22. The molecule has 4 aromatic rings. The number of carboxylic acids is 1. The second-order valence-corrected chi connectivity index (χ2v) is 9.61. The minimum absolute atomic E-state index is 0.00741. The molecule has 38 heavy (non-hydrogen) atoms. The fourth-order valence-electron chi connectivity index (χ4n) is 5.49. The van der Waals surface area contributed by atoms with Gasteiger partial charge in [0.05, 0.1) is 32.2 Å². The highest BCUT2D eigenvalue weighted by atomic mass is 16.5. The van der Waals surface area contributed by atoms with Crippen molar-refractivity contribution >= 4 is 23.2 Å². The van der Waals surface area contributed by atoms with Crippen molar-refractivity contribution in [1.29, 1.82) is 0 Å². The summed E-state index contributed by atoms with van der Waals surface area (Å²) in [6.45, 7) is 1.93. The minimum atomic E-state index is -1.49. The molecule has 0 fully saturated rings. The van der Waals surface area contributed by atoms with E-state index < -0.39 is 22.8 Å². The number of aromatic nitrogens is 2. The fourth-order valence-corrected chi connectivity index (χ4v) is 5.49. The zero-order valence-electron chi connectivity index (χ0n) is 21.6. The first-order valence-electron chi connectivity index (χ1n) is 12.2. The summed E-state index contributed by atoms with van der Waals surface area (Å²) in [7, 11) is 4.87. The Hall–Kier alpha value is -4.53. The van der Waals surface area contributed by atoms with Crippen LogP contribution in [0.5, 0.6) is 17.2 Å². The number of fused-ring (bicyclic) bond motifs is 4. The number of benzene rings is 2. The van der Waals surface area contributed by atoms with Crippen molar-refractivity contribution in [1.82, 2.24) is 9.13 Å².